The molecule has 0 radical (unpaired) electrons. The number of ether oxygens (including phenoxy) is 2. The van der Waals surface area contributed by atoms with Crippen molar-refractivity contribution in [3.05, 3.63) is 52.6 Å². The number of hydrogen-bond acceptors (Lipinski definition) is 4. The Kier molecular flexibility index (Phi) is 5.21. The van der Waals surface area contributed by atoms with Crippen LogP contribution < -0.4 is 9.47 Å². The summed E-state index contributed by atoms with van der Waals surface area (Å²) >= 11 is 0. The van der Waals surface area contributed by atoms with Crippen LogP contribution in [0.15, 0.2) is 30.3 Å². The average Bonchev–Trinajstić information content (AvgIpc) is 3.01. The molecular formula is C24H28O4. The van der Waals surface area contributed by atoms with Crippen molar-refractivity contribution in [3.8, 4) is 23.0 Å². The van der Waals surface area contributed by atoms with Gasteiger partial charge in [0.25, 0.3) is 0 Å². The molecule has 2 aliphatic rings. The van der Waals surface area contributed by atoms with Gasteiger partial charge in [-0.15, -0.1) is 0 Å². The van der Waals surface area contributed by atoms with Crippen LogP contribution in [-0.2, 0) is 12.8 Å². The maximum absolute atomic E-state index is 10.3. The summed E-state index contributed by atoms with van der Waals surface area (Å²) in [4.78, 5) is 0. The summed E-state index contributed by atoms with van der Waals surface area (Å²) in [7, 11) is 3.19. The molecule has 0 bridgehead atoms. The van der Waals surface area contributed by atoms with Gasteiger partial charge in [0, 0.05) is 5.92 Å². The first-order chi connectivity index (χ1) is 13.6. The molecular weight excluding hydrogens is 352 g/mol. The molecule has 2 aromatic rings. The van der Waals surface area contributed by atoms with Crippen molar-refractivity contribution in [1.29, 1.82) is 0 Å². The predicted octanol–water partition coefficient (Wildman–Crippen LogP) is 5.34. The highest BCUT2D eigenvalue weighted by Crippen LogP contribution is 2.47. The van der Waals surface area contributed by atoms with E-state index < -0.39 is 0 Å². The molecule has 0 saturated carbocycles. The standard InChI is InChI=1S/C24H28O4/c1-27-23-13-19-15(11-21(23)25)7-3-5-9-17(19)18-10-6-4-8-16-12-22(26)24(28-2)14-20(16)18/h9,11-14,18,25-26H,3-8,10H2,1-2H3/t18-/m1/s1. The summed E-state index contributed by atoms with van der Waals surface area (Å²) in [5, 5.41) is 20.5. The molecule has 28 heavy (non-hydrogen) atoms. The van der Waals surface area contributed by atoms with Crippen molar-refractivity contribution >= 4 is 5.57 Å². The van der Waals surface area contributed by atoms with Crippen molar-refractivity contribution in [2.45, 2.75) is 50.9 Å². The fraction of sp³-hybridized carbons (Fsp3) is 0.417. The number of allylic oxidation sites excluding steroid dienone is 2. The minimum atomic E-state index is 0.204. The van der Waals surface area contributed by atoms with Gasteiger partial charge in [-0.2, -0.15) is 0 Å². The van der Waals surface area contributed by atoms with Gasteiger partial charge in [-0.3, -0.25) is 0 Å². The first kappa shape index (κ1) is 18.7. The molecule has 2 N–H and O–H groups in total. The second kappa shape index (κ2) is 7.78. The van der Waals surface area contributed by atoms with E-state index in [2.05, 4.69) is 6.08 Å². The molecule has 4 nitrogen and oxygen atoms in total. The Labute approximate surface area is 166 Å². The molecule has 0 aliphatic heterocycles. The van der Waals surface area contributed by atoms with Crippen LogP contribution in [0.5, 0.6) is 23.0 Å². The molecule has 4 heteroatoms. The lowest BCUT2D eigenvalue weighted by Crippen LogP contribution is -2.06. The molecule has 1 atom stereocenters. The van der Waals surface area contributed by atoms with E-state index in [1.54, 1.807) is 14.2 Å². The Morgan fingerprint density at radius 1 is 0.821 bits per heavy atom. The van der Waals surface area contributed by atoms with Crippen molar-refractivity contribution in [2.75, 3.05) is 14.2 Å². The third-order valence-electron chi connectivity index (χ3n) is 6.11. The molecule has 4 rings (SSSR count). The van der Waals surface area contributed by atoms with Crippen LogP contribution in [0.4, 0.5) is 0 Å². The minimum Gasteiger partial charge on any atom is -0.504 e. The second-order valence-corrected chi connectivity index (χ2v) is 7.75. The van der Waals surface area contributed by atoms with Gasteiger partial charge in [0.1, 0.15) is 0 Å². The quantitative estimate of drug-likeness (QED) is 0.705. The summed E-state index contributed by atoms with van der Waals surface area (Å²) in [5.74, 6) is 1.71. The van der Waals surface area contributed by atoms with Crippen LogP contribution in [0.2, 0.25) is 0 Å². The number of phenolic OH excluding ortho intramolecular Hbond substituents is 2. The van der Waals surface area contributed by atoms with E-state index in [1.807, 2.05) is 24.3 Å². The monoisotopic (exact) mass is 380 g/mol. The van der Waals surface area contributed by atoms with Gasteiger partial charge in [0.15, 0.2) is 23.0 Å². The number of hydrogen-bond donors (Lipinski definition) is 2. The number of methoxy groups -OCH3 is 2. The molecule has 0 heterocycles. The third-order valence-corrected chi connectivity index (χ3v) is 6.11. The fourth-order valence-corrected chi connectivity index (χ4v) is 4.71. The Morgan fingerprint density at radius 3 is 2.25 bits per heavy atom. The van der Waals surface area contributed by atoms with E-state index in [4.69, 9.17) is 9.47 Å². The number of rotatable bonds is 3. The molecule has 148 valence electrons. The zero-order valence-electron chi connectivity index (χ0n) is 16.6. The Balaban J connectivity index is 1.87. The SMILES string of the molecule is COc1cc2c(cc1O)CCCC=C2[C@H]1CCCCc2cc(O)c(OC)cc21. The second-order valence-electron chi connectivity index (χ2n) is 7.75. The van der Waals surface area contributed by atoms with Crippen LogP contribution in [0.3, 0.4) is 0 Å². The highest BCUT2D eigenvalue weighted by Gasteiger charge is 2.27. The van der Waals surface area contributed by atoms with E-state index in [-0.39, 0.29) is 17.4 Å². The molecule has 0 unspecified atom stereocenters. The number of phenols is 2. The molecule has 0 amide bonds. The maximum Gasteiger partial charge on any atom is 0.161 e. The number of fused-ring (bicyclic) bond motifs is 2. The highest BCUT2D eigenvalue weighted by atomic mass is 16.5. The van der Waals surface area contributed by atoms with Gasteiger partial charge in [-0.05, 0) is 90.6 Å². The molecule has 0 saturated heterocycles. The van der Waals surface area contributed by atoms with Gasteiger partial charge in [0.05, 0.1) is 14.2 Å². The van der Waals surface area contributed by atoms with Crippen molar-refractivity contribution in [2.24, 2.45) is 0 Å². The van der Waals surface area contributed by atoms with E-state index in [9.17, 15) is 10.2 Å². The number of benzene rings is 2. The van der Waals surface area contributed by atoms with Crippen molar-refractivity contribution < 1.29 is 19.7 Å². The summed E-state index contributed by atoms with van der Waals surface area (Å²) < 4.78 is 10.8. The van der Waals surface area contributed by atoms with Crippen LogP contribution >= 0.6 is 0 Å². The minimum absolute atomic E-state index is 0.204. The normalized spacial score (nSPS) is 18.9. The summed E-state index contributed by atoms with van der Waals surface area (Å²) in [6, 6.07) is 7.75. The Hall–Kier alpha value is -2.62. The molecule has 2 aromatic carbocycles. The molecule has 2 aliphatic carbocycles. The lowest BCUT2D eigenvalue weighted by atomic mass is 9.81. The maximum atomic E-state index is 10.3. The van der Waals surface area contributed by atoms with Crippen molar-refractivity contribution in [1.82, 2.24) is 0 Å². The zero-order valence-corrected chi connectivity index (χ0v) is 16.6. The van der Waals surface area contributed by atoms with Gasteiger partial charge in [-0.1, -0.05) is 12.5 Å². The van der Waals surface area contributed by atoms with Crippen LogP contribution in [0, 0.1) is 0 Å². The number of aryl methyl sites for hydroxylation is 2. The first-order valence-electron chi connectivity index (χ1n) is 10.1. The summed E-state index contributed by atoms with van der Waals surface area (Å²) in [6.45, 7) is 0. The van der Waals surface area contributed by atoms with E-state index >= 15 is 0 Å². The molecule has 0 spiro atoms. The van der Waals surface area contributed by atoms with Crippen LogP contribution in [0.1, 0.15) is 60.3 Å². The van der Waals surface area contributed by atoms with E-state index in [0.29, 0.717) is 11.5 Å². The lowest BCUT2D eigenvalue weighted by molar-refractivity contribution is 0.372. The number of aromatic hydroxyl groups is 2. The lowest BCUT2D eigenvalue weighted by Gasteiger charge is -2.24. The van der Waals surface area contributed by atoms with E-state index in [1.165, 1.54) is 27.8 Å². The van der Waals surface area contributed by atoms with E-state index in [0.717, 1.165) is 44.9 Å². The summed E-state index contributed by atoms with van der Waals surface area (Å²) in [6.07, 6.45) is 9.71. The van der Waals surface area contributed by atoms with Gasteiger partial charge < -0.3 is 19.7 Å². The van der Waals surface area contributed by atoms with Crippen LogP contribution in [-0.4, -0.2) is 24.4 Å². The Bertz CT molecular complexity index is 913. The van der Waals surface area contributed by atoms with Crippen LogP contribution in [0.25, 0.3) is 5.57 Å². The first-order valence-corrected chi connectivity index (χ1v) is 10.1. The predicted molar refractivity (Wildman–Crippen MR) is 111 cm³/mol. The highest BCUT2D eigenvalue weighted by molar-refractivity contribution is 5.77. The molecule has 0 aromatic heterocycles. The van der Waals surface area contributed by atoms with Crippen molar-refractivity contribution in [3.63, 3.8) is 0 Å². The largest absolute Gasteiger partial charge is 0.504 e. The average molecular weight is 380 g/mol. The Morgan fingerprint density at radius 2 is 1.50 bits per heavy atom. The van der Waals surface area contributed by atoms with Gasteiger partial charge in [0.2, 0.25) is 0 Å². The summed E-state index contributed by atoms with van der Waals surface area (Å²) in [5.41, 5.74) is 6.12. The molecule has 0 fully saturated rings. The van der Waals surface area contributed by atoms with Gasteiger partial charge >= 0.3 is 0 Å². The smallest absolute Gasteiger partial charge is 0.161 e. The third kappa shape index (κ3) is 3.32. The topological polar surface area (TPSA) is 58.9 Å². The zero-order chi connectivity index (χ0) is 19.7. The van der Waals surface area contributed by atoms with Gasteiger partial charge in [-0.25, -0.2) is 0 Å². The fourth-order valence-electron chi connectivity index (χ4n) is 4.71.